The van der Waals surface area contributed by atoms with Crippen molar-refractivity contribution in [3.8, 4) is 5.69 Å². The number of halogens is 1. The van der Waals surface area contributed by atoms with E-state index in [2.05, 4.69) is 20.8 Å². The highest BCUT2D eigenvalue weighted by atomic mass is 32.2. The number of nitrogens with zero attached hydrogens (tertiary/aromatic N) is 4. The molecule has 0 fully saturated rings. The largest absolute Gasteiger partial charge is 0.351 e. The molecule has 0 saturated carbocycles. The molecule has 124 valence electrons. The summed E-state index contributed by atoms with van der Waals surface area (Å²) in [5, 5.41) is 14.3. The molecule has 0 aliphatic rings. The molecule has 0 atom stereocenters. The third-order valence-electron chi connectivity index (χ3n) is 2.84. The zero-order valence-electron chi connectivity index (χ0n) is 13.6. The standard InChI is InChI=1S/C15H20FN5OS/c1-10-5-6-11(16)12(7-10)21-13(18-19-20-21)8-23-9-14(22)17-15(2,3)4/h5-7H,8-9H2,1-4H3,(H,17,22). The molecule has 8 heteroatoms. The zero-order chi connectivity index (χ0) is 17.0. The third-order valence-corrected chi connectivity index (χ3v) is 3.77. The van der Waals surface area contributed by atoms with Gasteiger partial charge < -0.3 is 5.32 Å². The third kappa shape index (κ3) is 5.02. The van der Waals surface area contributed by atoms with Gasteiger partial charge in [-0.15, -0.1) is 16.9 Å². The van der Waals surface area contributed by atoms with Crippen LogP contribution in [-0.2, 0) is 10.5 Å². The van der Waals surface area contributed by atoms with Crippen molar-refractivity contribution in [2.45, 2.75) is 39.0 Å². The lowest BCUT2D eigenvalue weighted by molar-refractivity contribution is -0.119. The van der Waals surface area contributed by atoms with Crippen LogP contribution in [0.4, 0.5) is 4.39 Å². The molecule has 0 unspecified atom stereocenters. The first-order chi connectivity index (χ1) is 10.8. The lowest BCUT2D eigenvalue weighted by Gasteiger charge is -2.20. The van der Waals surface area contributed by atoms with Gasteiger partial charge in [-0.05, 0) is 55.8 Å². The molecule has 0 bridgehead atoms. The Morgan fingerprint density at radius 2 is 2.13 bits per heavy atom. The molecule has 0 radical (unpaired) electrons. The minimum Gasteiger partial charge on any atom is -0.351 e. The fourth-order valence-electron chi connectivity index (χ4n) is 1.96. The van der Waals surface area contributed by atoms with Gasteiger partial charge in [0.25, 0.3) is 0 Å². The summed E-state index contributed by atoms with van der Waals surface area (Å²) in [7, 11) is 0. The number of thioether (sulfide) groups is 1. The summed E-state index contributed by atoms with van der Waals surface area (Å²) in [6.07, 6.45) is 0. The van der Waals surface area contributed by atoms with E-state index in [0.29, 0.717) is 23.0 Å². The molecule has 1 heterocycles. The number of hydrogen-bond acceptors (Lipinski definition) is 5. The molecule has 1 aromatic heterocycles. The summed E-state index contributed by atoms with van der Waals surface area (Å²) in [4.78, 5) is 11.8. The summed E-state index contributed by atoms with van der Waals surface area (Å²) >= 11 is 1.38. The van der Waals surface area contributed by atoms with Crippen LogP contribution in [0.5, 0.6) is 0 Å². The van der Waals surface area contributed by atoms with Crippen LogP contribution in [0, 0.1) is 12.7 Å². The van der Waals surface area contributed by atoms with Crippen molar-refractivity contribution < 1.29 is 9.18 Å². The van der Waals surface area contributed by atoms with Crippen molar-refractivity contribution in [1.82, 2.24) is 25.5 Å². The second kappa shape index (κ2) is 7.08. The minimum atomic E-state index is -0.389. The molecule has 0 saturated heterocycles. The van der Waals surface area contributed by atoms with E-state index in [9.17, 15) is 9.18 Å². The minimum absolute atomic E-state index is 0.0525. The number of carbonyl (C=O) groups excluding carboxylic acids is 1. The van der Waals surface area contributed by atoms with Crippen LogP contribution in [0.15, 0.2) is 18.2 Å². The Kier molecular flexibility index (Phi) is 5.35. The number of nitrogens with one attached hydrogen (secondary N) is 1. The van der Waals surface area contributed by atoms with Gasteiger partial charge in [0.05, 0.1) is 11.5 Å². The van der Waals surface area contributed by atoms with Crippen LogP contribution in [0.1, 0.15) is 32.2 Å². The first-order valence-electron chi connectivity index (χ1n) is 7.19. The van der Waals surface area contributed by atoms with E-state index in [1.807, 2.05) is 27.7 Å². The normalized spacial score (nSPS) is 11.5. The highest BCUT2D eigenvalue weighted by Gasteiger charge is 2.16. The number of hydrogen-bond donors (Lipinski definition) is 1. The average molecular weight is 337 g/mol. The lowest BCUT2D eigenvalue weighted by Crippen LogP contribution is -2.41. The monoisotopic (exact) mass is 337 g/mol. The molecular weight excluding hydrogens is 317 g/mol. The highest BCUT2D eigenvalue weighted by molar-refractivity contribution is 7.99. The quantitative estimate of drug-likeness (QED) is 0.906. The summed E-state index contributed by atoms with van der Waals surface area (Å²) in [6, 6.07) is 4.76. The van der Waals surface area contributed by atoms with Crippen molar-refractivity contribution in [2.75, 3.05) is 5.75 Å². The maximum Gasteiger partial charge on any atom is 0.230 e. The molecule has 0 aliphatic carbocycles. The SMILES string of the molecule is Cc1ccc(F)c(-n2nnnc2CSCC(=O)NC(C)(C)C)c1. The van der Waals surface area contributed by atoms with E-state index < -0.39 is 0 Å². The van der Waals surface area contributed by atoms with E-state index >= 15 is 0 Å². The highest BCUT2D eigenvalue weighted by Crippen LogP contribution is 2.18. The second-order valence-electron chi connectivity index (χ2n) is 6.25. The van der Waals surface area contributed by atoms with Crippen molar-refractivity contribution in [2.24, 2.45) is 0 Å². The Morgan fingerprint density at radius 3 is 2.83 bits per heavy atom. The van der Waals surface area contributed by atoms with Crippen LogP contribution in [0.2, 0.25) is 0 Å². The molecule has 6 nitrogen and oxygen atoms in total. The average Bonchev–Trinajstić information content (AvgIpc) is 2.88. The Bertz CT molecular complexity index is 695. The zero-order valence-corrected chi connectivity index (χ0v) is 14.4. The fourth-order valence-corrected chi connectivity index (χ4v) is 2.68. The number of tetrazole rings is 1. The fraction of sp³-hybridized carbons (Fsp3) is 0.467. The summed E-state index contributed by atoms with van der Waals surface area (Å²) in [5.41, 5.74) is 0.967. The molecule has 2 aromatic rings. The van der Waals surface area contributed by atoms with Gasteiger partial charge in [-0.2, -0.15) is 4.68 Å². The molecule has 1 aromatic carbocycles. The maximum atomic E-state index is 14.0. The van der Waals surface area contributed by atoms with Gasteiger partial charge in [0, 0.05) is 5.54 Å². The van der Waals surface area contributed by atoms with Gasteiger partial charge in [0.15, 0.2) is 5.82 Å². The molecular formula is C15H20FN5OS. The molecule has 2 rings (SSSR count). The first-order valence-corrected chi connectivity index (χ1v) is 8.34. The maximum absolute atomic E-state index is 14.0. The number of carbonyl (C=O) groups is 1. The topological polar surface area (TPSA) is 72.7 Å². The Morgan fingerprint density at radius 1 is 1.39 bits per heavy atom. The number of aryl methyl sites for hydroxylation is 1. The van der Waals surface area contributed by atoms with Crippen molar-refractivity contribution in [3.63, 3.8) is 0 Å². The lowest BCUT2D eigenvalue weighted by atomic mass is 10.1. The molecule has 1 N–H and O–H groups in total. The van der Waals surface area contributed by atoms with Crippen molar-refractivity contribution in [1.29, 1.82) is 0 Å². The summed E-state index contributed by atoms with van der Waals surface area (Å²) < 4.78 is 15.3. The van der Waals surface area contributed by atoms with Crippen LogP contribution >= 0.6 is 11.8 Å². The number of rotatable bonds is 5. The Balaban J connectivity index is 2.02. The summed E-state index contributed by atoms with van der Waals surface area (Å²) in [5.74, 6) is 0.768. The van der Waals surface area contributed by atoms with Gasteiger partial charge >= 0.3 is 0 Å². The van der Waals surface area contributed by atoms with Gasteiger partial charge in [0.2, 0.25) is 5.91 Å². The van der Waals surface area contributed by atoms with Crippen LogP contribution in [0.3, 0.4) is 0 Å². The Labute approximate surface area is 138 Å². The molecule has 1 amide bonds. The summed E-state index contributed by atoms with van der Waals surface area (Å²) in [6.45, 7) is 7.66. The molecule has 0 spiro atoms. The smallest absolute Gasteiger partial charge is 0.230 e. The van der Waals surface area contributed by atoms with Crippen LogP contribution in [0.25, 0.3) is 5.69 Å². The number of benzene rings is 1. The van der Waals surface area contributed by atoms with Gasteiger partial charge in [0.1, 0.15) is 11.5 Å². The van der Waals surface area contributed by atoms with E-state index in [0.717, 1.165) is 5.56 Å². The van der Waals surface area contributed by atoms with E-state index in [-0.39, 0.29) is 17.3 Å². The number of amides is 1. The van der Waals surface area contributed by atoms with Crippen LogP contribution < -0.4 is 5.32 Å². The van der Waals surface area contributed by atoms with E-state index in [1.165, 1.54) is 22.5 Å². The Hall–Kier alpha value is -1.96. The van der Waals surface area contributed by atoms with Gasteiger partial charge in [-0.25, -0.2) is 4.39 Å². The first kappa shape index (κ1) is 17.4. The second-order valence-corrected chi connectivity index (χ2v) is 7.24. The van der Waals surface area contributed by atoms with Crippen molar-refractivity contribution >= 4 is 17.7 Å². The number of aromatic nitrogens is 4. The van der Waals surface area contributed by atoms with Gasteiger partial charge in [-0.3, -0.25) is 4.79 Å². The van der Waals surface area contributed by atoms with E-state index in [4.69, 9.17) is 0 Å². The molecule has 23 heavy (non-hydrogen) atoms. The van der Waals surface area contributed by atoms with Gasteiger partial charge in [-0.1, -0.05) is 6.07 Å². The van der Waals surface area contributed by atoms with Crippen LogP contribution in [-0.4, -0.2) is 37.4 Å². The molecule has 0 aliphatic heterocycles. The predicted molar refractivity (Wildman–Crippen MR) is 87.9 cm³/mol. The van der Waals surface area contributed by atoms with E-state index in [1.54, 1.807) is 12.1 Å². The van der Waals surface area contributed by atoms with Crippen molar-refractivity contribution in [3.05, 3.63) is 35.4 Å². The predicted octanol–water partition coefficient (Wildman–Crippen LogP) is 2.26.